The van der Waals surface area contributed by atoms with Gasteiger partial charge in [-0.25, -0.2) is 4.39 Å². The average Bonchev–Trinajstić information content (AvgIpc) is 2.47. The lowest BCUT2D eigenvalue weighted by Gasteiger charge is -2.17. The van der Waals surface area contributed by atoms with Crippen molar-refractivity contribution >= 4 is 23.2 Å². The number of hydrogen-bond acceptors (Lipinski definition) is 2. The number of nitrogens with one attached hydrogen (secondary N) is 2. The summed E-state index contributed by atoms with van der Waals surface area (Å²) < 4.78 is 13.1. The van der Waals surface area contributed by atoms with Crippen LogP contribution in [0.3, 0.4) is 0 Å². The van der Waals surface area contributed by atoms with Gasteiger partial charge in [-0.15, -0.1) is 0 Å². The molecule has 2 aromatic rings. The molecule has 2 amide bonds. The van der Waals surface area contributed by atoms with Crippen LogP contribution in [-0.4, -0.2) is 11.8 Å². The molecule has 0 bridgehead atoms. The first-order valence-corrected chi connectivity index (χ1v) is 6.61. The van der Waals surface area contributed by atoms with Crippen LogP contribution in [0.4, 0.5) is 15.8 Å². The molecule has 3 rings (SSSR count). The standard InChI is InChI=1S/C16H13FN2O2/c17-12-3-1-2-11(8-12)16(21)18-13-5-6-14-10(9-13)4-7-15(20)19-14/h1-3,5-6,8-9H,4,7H2,(H,18,21)(H,19,20). The van der Waals surface area contributed by atoms with E-state index < -0.39 is 5.82 Å². The van der Waals surface area contributed by atoms with Gasteiger partial charge in [0.1, 0.15) is 5.82 Å². The molecular weight excluding hydrogens is 271 g/mol. The normalized spacial score (nSPS) is 13.3. The highest BCUT2D eigenvalue weighted by Crippen LogP contribution is 2.25. The summed E-state index contributed by atoms with van der Waals surface area (Å²) in [6.45, 7) is 0. The van der Waals surface area contributed by atoms with Crippen LogP contribution in [0.25, 0.3) is 0 Å². The second-order valence-electron chi connectivity index (χ2n) is 4.88. The number of carbonyl (C=O) groups excluding carboxylic acids is 2. The Hall–Kier alpha value is -2.69. The van der Waals surface area contributed by atoms with Crippen LogP contribution in [-0.2, 0) is 11.2 Å². The molecule has 0 spiro atoms. The van der Waals surface area contributed by atoms with E-state index in [9.17, 15) is 14.0 Å². The first-order chi connectivity index (χ1) is 10.1. The van der Waals surface area contributed by atoms with Crippen LogP contribution in [0.1, 0.15) is 22.3 Å². The number of fused-ring (bicyclic) bond motifs is 1. The van der Waals surface area contributed by atoms with Crippen LogP contribution >= 0.6 is 0 Å². The van der Waals surface area contributed by atoms with E-state index in [0.29, 0.717) is 18.5 Å². The topological polar surface area (TPSA) is 58.2 Å². The largest absolute Gasteiger partial charge is 0.326 e. The van der Waals surface area contributed by atoms with Crippen molar-refractivity contribution in [1.82, 2.24) is 0 Å². The summed E-state index contributed by atoms with van der Waals surface area (Å²) in [6.07, 6.45) is 1.08. The average molecular weight is 284 g/mol. The minimum absolute atomic E-state index is 0.000883. The predicted octanol–water partition coefficient (Wildman–Crippen LogP) is 2.96. The molecule has 0 atom stereocenters. The third-order valence-corrected chi connectivity index (χ3v) is 3.35. The summed E-state index contributed by atoms with van der Waals surface area (Å²) in [5.74, 6) is -0.816. The molecule has 0 fully saturated rings. The molecule has 0 unspecified atom stereocenters. The summed E-state index contributed by atoms with van der Waals surface area (Å²) in [6, 6.07) is 10.8. The number of halogens is 1. The van der Waals surface area contributed by atoms with Crippen LogP contribution in [0.15, 0.2) is 42.5 Å². The second-order valence-corrected chi connectivity index (χ2v) is 4.88. The predicted molar refractivity (Wildman–Crippen MR) is 77.7 cm³/mol. The molecule has 2 aromatic carbocycles. The molecular formula is C16H13FN2O2. The molecule has 4 nitrogen and oxygen atoms in total. The summed E-state index contributed by atoms with van der Waals surface area (Å²) in [7, 11) is 0. The number of benzene rings is 2. The van der Waals surface area contributed by atoms with Gasteiger partial charge >= 0.3 is 0 Å². The Morgan fingerprint density at radius 1 is 1.14 bits per heavy atom. The van der Waals surface area contributed by atoms with E-state index in [-0.39, 0.29) is 17.4 Å². The number of carbonyl (C=O) groups is 2. The monoisotopic (exact) mass is 284 g/mol. The maximum absolute atomic E-state index is 13.1. The third-order valence-electron chi connectivity index (χ3n) is 3.35. The van der Waals surface area contributed by atoms with Crippen LogP contribution < -0.4 is 10.6 Å². The van der Waals surface area contributed by atoms with Gasteiger partial charge in [-0.05, 0) is 48.4 Å². The van der Waals surface area contributed by atoms with Gasteiger partial charge in [-0.3, -0.25) is 9.59 Å². The van der Waals surface area contributed by atoms with Crippen molar-refractivity contribution < 1.29 is 14.0 Å². The summed E-state index contributed by atoms with van der Waals surface area (Å²) in [5.41, 5.74) is 2.64. The van der Waals surface area contributed by atoms with Gasteiger partial charge in [0.25, 0.3) is 5.91 Å². The Balaban J connectivity index is 1.79. The minimum atomic E-state index is -0.448. The molecule has 1 aliphatic heterocycles. The SMILES string of the molecule is O=C1CCc2cc(NC(=O)c3cccc(F)c3)ccc2N1. The smallest absolute Gasteiger partial charge is 0.255 e. The summed E-state index contributed by atoms with van der Waals surface area (Å²) >= 11 is 0. The number of aryl methyl sites for hydroxylation is 1. The van der Waals surface area contributed by atoms with Gasteiger partial charge in [0.05, 0.1) is 0 Å². The van der Waals surface area contributed by atoms with E-state index in [4.69, 9.17) is 0 Å². The lowest BCUT2D eigenvalue weighted by molar-refractivity contribution is -0.116. The zero-order valence-electron chi connectivity index (χ0n) is 11.2. The van der Waals surface area contributed by atoms with E-state index in [1.807, 2.05) is 6.07 Å². The molecule has 0 saturated carbocycles. The molecule has 0 aromatic heterocycles. The van der Waals surface area contributed by atoms with E-state index >= 15 is 0 Å². The quantitative estimate of drug-likeness (QED) is 0.890. The molecule has 2 N–H and O–H groups in total. The van der Waals surface area contributed by atoms with Gasteiger partial charge in [-0.1, -0.05) is 6.07 Å². The Morgan fingerprint density at radius 2 is 2.00 bits per heavy atom. The highest BCUT2D eigenvalue weighted by molar-refractivity contribution is 6.04. The highest BCUT2D eigenvalue weighted by Gasteiger charge is 2.15. The lowest BCUT2D eigenvalue weighted by Crippen LogP contribution is -2.19. The zero-order valence-corrected chi connectivity index (χ0v) is 11.2. The van der Waals surface area contributed by atoms with Crippen molar-refractivity contribution in [2.75, 3.05) is 10.6 Å². The minimum Gasteiger partial charge on any atom is -0.326 e. The molecule has 0 aliphatic carbocycles. The molecule has 0 saturated heterocycles. The lowest BCUT2D eigenvalue weighted by atomic mass is 10.0. The fraction of sp³-hybridized carbons (Fsp3) is 0.125. The van der Waals surface area contributed by atoms with Crippen molar-refractivity contribution in [1.29, 1.82) is 0 Å². The van der Waals surface area contributed by atoms with Gasteiger partial charge in [0.2, 0.25) is 5.91 Å². The maximum Gasteiger partial charge on any atom is 0.255 e. The molecule has 21 heavy (non-hydrogen) atoms. The Kier molecular flexibility index (Phi) is 3.39. The Labute approximate surface area is 121 Å². The van der Waals surface area contributed by atoms with Crippen molar-refractivity contribution in [2.45, 2.75) is 12.8 Å². The maximum atomic E-state index is 13.1. The molecule has 5 heteroatoms. The van der Waals surface area contributed by atoms with E-state index in [1.165, 1.54) is 18.2 Å². The Bertz CT molecular complexity index is 728. The van der Waals surface area contributed by atoms with Crippen molar-refractivity contribution in [2.24, 2.45) is 0 Å². The first-order valence-electron chi connectivity index (χ1n) is 6.61. The number of amides is 2. The third kappa shape index (κ3) is 2.91. The van der Waals surface area contributed by atoms with Gasteiger partial charge in [0.15, 0.2) is 0 Å². The van der Waals surface area contributed by atoms with Gasteiger partial charge in [-0.2, -0.15) is 0 Å². The van der Waals surface area contributed by atoms with Crippen molar-refractivity contribution in [3.63, 3.8) is 0 Å². The van der Waals surface area contributed by atoms with E-state index in [2.05, 4.69) is 10.6 Å². The fourth-order valence-corrected chi connectivity index (χ4v) is 2.29. The van der Waals surface area contributed by atoms with E-state index in [1.54, 1.807) is 18.2 Å². The molecule has 1 heterocycles. The van der Waals surface area contributed by atoms with Crippen molar-refractivity contribution in [3.8, 4) is 0 Å². The highest BCUT2D eigenvalue weighted by atomic mass is 19.1. The molecule has 0 radical (unpaired) electrons. The van der Waals surface area contributed by atoms with Crippen LogP contribution in [0.5, 0.6) is 0 Å². The second kappa shape index (κ2) is 5.36. The first kappa shape index (κ1) is 13.3. The van der Waals surface area contributed by atoms with Crippen LogP contribution in [0, 0.1) is 5.82 Å². The summed E-state index contributed by atoms with van der Waals surface area (Å²) in [4.78, 5) is 23.3. The van der Waals surface area contributed by atoms with Crippen molar-refractivity contribution in [3.05, 3.63) is 59.4 Å². The summed E-state index contributed by atoms with van der Waals surface area (Å²) in [5, 5.41) is 5.51. The van der Waals surface area contributed by atoms with Gasteiger partial charge < -0.3 is 10.6 Å². The number of hydrogen-bond donors (Lipinski definition) is 2. The number of anilines is 2. The van der Waals surface area contributed by atoms with Gasteiger partial charge in [0, 0.05) is 23.4 Å². The zero-order chi connectivity index (χ0) is 14.8. The Morgan fingerprint density at radius 3 is 2.81 bits per heavy atom. The molecule has 1 aliphatic rings. The fourth-order valence-electron chi connectivity index (χ4n) is 2.29. The number of rotatable bonds is 2. The molecule has 106 valence electrons. The van der Waals surface area contributed by atoms with E-state index in [0.717, 1.165) is 11.3 Å². The van der Waals surface area contributed by atoms with Crippen LogP contribution in [0.2, 0.25) is 0 Å².